The average Bonchev–Trinajstić information content (AvgIpc) is 2.67. The van der Waals surface area contributed by atoms with Crippen LogP contribution in [0.4, 0.5) is 16.4 Å². The fraction of sp³-hybridized carbons (Fsp3) is 0.476. The van der Waals surface area contributed by atoms with Crippen molar-refractivity contribution in [3.05, 3.63) is 48.3 Å². The highest BCUT2D eigenvalue weighted by atomic mass is 16.2. The van der Waals surface area contributed by atoms with E-state index < -0.39 is 0 Å². The number of hydrogen-bond acceptors (Lipinski definition) is 4. The van der Waals surface area contributed by atoms with Gasteiger partial charge in [0.15, 0.2) is 0 Å². The zero-order chi connectivity index (χ0) is 19.3. The normalized spacial score (nSPS) is 15.4. The number of carbonyl (C=O) groups excluding carboxylic acids is 1. The topological polar surface area (TPSA) is 70.2 Å². The Balaban J connectivity index is 1.41. The molecule has 6 heteroatoms. The number of urea groups is 1. The van der Waals surface area contributed by atoms with Crippen LogP contribution in [0.3, 0.4) is 0 Å². The third kappa shape index (κ3) is 5.42. The predicted molar refractivity (Wildman–Crippen MR) is 109 cm³/mol. The minimum atomic E-state index is -0.146. The van der Waals surface area contributed by atoms with Crippen LogP contribution in [0.25, 0.3) is 0 Å². The van der Waals surface area contributed by atoms with Crippen molar-refractivity contribution in [3.63, 3.8) is 0 Å². The van der Waals surface area contributed by atoms with Gasteiger partial charge >= 0.3 is 6.03 Å². The van der Waals surface area contributed by atoms with Gasteiger partial charge in [0.1, 0.15) is 0 Å². The summed E-state index contributed by atoms with van der Waals surface area (Å²) >= 11 is 0. The molecule has 1 aromatic carbocycles. The van der Waals surface area contributed by atoms with Gasteiger partial charge in [-0.1, -0.05) is 32.9 Å². The summed E-state index contributed by atoms with van der Waals surface area (Å²) in [5, 5.41) is 5.91. The van der Waals surface area contributed by atoms with Crippen LogP contribution in [-0.4, -0.2) is 35.6 Å². The summed E-state index contributed by atoms with van der Waals surface area (Å²) in [7, 11) is 0. The standard InChI is InChI=1S/C21H29N5O/c1-21(2,3)17-5-7-18(8-6-17)25-20(27)24-15-16-9-13-26(14-10-16)19-22-11-4-12-23-19/h4-8,11-12,16H,9-10,13-15H2,1-3H3,(H2,24,25,27). The highest BCUT2D eigenvalue weighted by Crippen LogP contribution is 2.23. The van der Waals surface area contributed by atoms with Gasteiger partial charge in [0.2, 0.25) is 5.95 Å². The lowest BCUT2D eigenvalue weighted by atomic mass is 9.87. The number of anilines is 2. The molecular weight excluding hydrogens is 338 g/mol. The molecule has 2 amide bonds. The number of piperidine rings is 1. The fourth-order valence-electron chi connectivity index (χ4n) is 3.26. The van der Waals surface area contributed by atoms with Crippen LogP contribution in [0.5, 0.6) is 0 Å². The van der Waals surface area contributed by atoms with Crippen molar-refractivity contribution in [1.82, 2.24) is 15.3 Å². The Morgan fingerprint density at radius 3 is 2.33 bits per heavy atom. The summed E-state index contributed by atoms with van der Waals surface area (Å²) in [5.41, 5.74) is 2.18. The first-order valence-electron chi connectivity index (χ1n) is 9.59. The zero-order valence-electron chi connectivity index (χ0n) is 16.4. The fourth-order valence-corrected chi connectivity index (χ4v) is 3.26. The third-order valence-corrected chi connectivity index (χ3v) is 5.01. The monoisotopic (exact) mass is 367 g/mol. The van der Waals surface area contributed by atoms with Crippen LogP contribution in [0.1, 0.15) is 39.2 Å². The largest absolute Gasteiger partial charge is 0.341 e. The molecule has 1 aliphatic rings. The predicted octanol–water partition coefficient (Wildman–Crippen LogP) is 3.81. The molecule has 0 aliphatic carbocycles. The molecule has 2 aromatic rings. The third-order valence-electron chi connectivity index (χ3n) is 5.01. The van der Waals surface area contributed by atoms with Crippen LogP contribution in [0.2, 0.25) is 0 Å². The Labute approximate surface area is 161 Å². The molecule has 1 saturated heterocycles. The van der Waals surface area contributed by atoms with Crippen molar-refractivity contribution in [2.75, 3.05) is 29.9 Å². The first-order valence-corrected chi connectivity index (χ1v) is 9.59. The summed E-state index contributed by atoms with van der Waals surface area (Å²) in [6.07, 6.45) is 5.60. The van der Waals surface area contributed by atoms with Crippen molar-refractivity contribution in [1.29, 1.82) is 0 Å². The van der Waals surface area contributed by atoms with Gasteiger partial charge in [-0.2, -0.15) is 0 Å². The Hall–Kier alpha value is -2.63. The van der Waals surface area contributed by atoms with Gasteiger partial charge in [0, 0.05) is 37.7 Å². The summed E-state index contributed by atoms with van der Waals surface area (Å²) < 4.78 is 0. The molecule has 144 valence electrons. The minimum absolute atomic E-state index is 0.112. The van der Waals surface area contributed by atoms with Crippen molar-refractivity contribution in [2.24, 2.45) is 5.92 Å². The van der Waals surface area contributed by atoms with E-state index >= 15 is 0 Å². The van der Waals surface area contributed by atoms with Gasteiger partial charge in [-0.25, -0.2) is 14.8 Å². The molecule has 0 saturated carbocycles. The van der Waals surface area contributed by atoms with Gasteiger partial charge in [-0.3, -0.25) is 0 Å². The SMILES string of the molecule is CC(C)(C)c1ccc(NC(=O)NCC2CCN(c3ncccn3)CC2)cc1. The quantitative estimate of drug-likeness (QED) is 0.862. The lowest BCUT2D eigenvalue weighted by Crippen LogP contribution is -2.40. The highest BCUT2D eigenvalue weighted by Gasteiger charge is 2.21. The number of aromatic nitrogens is 2. The number of benzene rings is 1. The Morgan fingerprint density at radius 2 is 1.74 bits per heavy atom. The second-order valence-corrected chi connectivity index (χ2v) is 8.14. The minimum Gasteiger partial charge on any atom is -0.341 e. The molecule has 1 fully saturated rings. The van der Waals surface area contributed by atoms with E-state index in [1.54, 1.807) is 12.4 Å². The Bertz CT molecular complexity index is 731. The second kappa shape index (κ2) is 8.37. The molecule has 1 aliphatic heterocycles. The number of carbonyl (C=O) groups is 1. The van der Waals surface area contributed by atoms with Crippen molar-refractivity contribution >= 4 is 17.7 Å². The van der Waals surface area contributed by atoms with E-state index in [2.05, 4.69) is 58.4 Å². The lowest BCUT2D eigenvalue weighted by Gasteiger charge is -2.31. The highest BCUT2D eigenvalue weighted by molar-refractivity contribution is 5.89. The van der Waals surface area contributed by atoms with Crippen LogP contribution in [-0.2, 0) is 5.41 Å². The number of nitrogens with zero attached hydrogens (tertiary/aromatic N) is 3. The summed E-state index contributed by atoms with van der Waals surface area (Å²) in [5.74, 6) is 1.28. The molecule has 0 bridgehead atoms. The molecule has 2 N–H and O–H groups in total. The Morgan fingerprint density at radius 1 is 1.11 bits per heavy atom. The molecule has 6 nitrogen and oxygen atoms in total. The number of nitrogens with one attached hydrogen (secondary N) is 2. The molecule has 3 rings (SSSR count). The van der Waals surface area contributed by atoms with E-state index in [9.17, 15) is 4.79 Å². The van der Waals surface area contributed by atoms with E-state index in [0.29, 0.717) is 12.5 Å². The van der Waals surface area contributed by atoms with Crippen LogP contribution in [0.15, 0.2) is 42.7 Å². The maximum Gasteiger partial charge on any atom is 0.319 e. The first kappa shape index (κ1) is 19.1. The van der Waals surface area contributed by atoms with E-state index in [4.69, 9.17) is 0 Å². The van der Waals surface area contributed by atoms with Crippen molar-refractivity contribution in [3.8, 4) is 0 Å². The summed E-state index contributed by atoms with van der Waals surface area (Å²) in [4.78, 5) is 23.0. The van der Waals surface area contributed by atoms with Gasteiger partial charge < -0.3 is 15.5 Å². The van der Waals surface area contributed by atoms with E-state index in [1.165, 1.54) is 5.56 Å². The van der Waals surface area contributed by atoms with E-state index in [-0.39, 0.29) is 11.4 Å². The second-order valence-electron chi connectivity index (χ2n) is 8.14. The maximum atomic E-state index is 12.2. The summed E-state index contributed by atoms with van der Waals surface area (Å²) in [6.45, 7) is 9.07. The van der Waals surface area contributed by atoms with Gasteiger partial charge in [-0.15, -0.1) is 0 Å². The summed E-state index contributed by atoms with van der Waals surface area (Å²) in [6, 6.07) is 9.73. The maximum absolute atomic E-state index is 12.2. The molecular formula is C21H29N5O. The average molecular weight is 367 g/mol. The van der Waals surface area contributed by atoms with E-state index in [1.807, 2.05) is 18.2 Å². The molecule has 0 atom stereocenters. The van der Waals surface area contributed by atoms with Gasteiger partial charge in [0.05, 0.1) is 0 Å². The van der Waals surface area contributed by atoms with Crippen LogP contribution >= 0.6 is 0 Å². The van der Waals surface area contributed by atoms with Crippen LogP contribution in [0, 0.1) is 5.92 Å². The molecule has 0 unspecified atom stereocenters. The van der Waals surface area contributed by atoms with Crippen LogP contribution < -0.4 is 15.5 Å². The number of rotatable bonds is 4. The Kier molecular flexibility index (Phi) is 5.94. The molecule has 0 radical (unpaired) electrons. The lowest BCUT2D eigenvalue weighted by molar-refractivity contribution is 0.248. The first-order chi connectivity index (χ1) is 12.9. The van der Waals surface area contributed by atoms with Gasteiger partial charge in [0.25, 0.3) is 0 Å². The smallest absolute Gasteiger partial charge is 0.319 e. The molecule has 27 heavy (non-hydrogen) atoms. The van der Waals surface area contributed by atoms with Gasteiger partial charge in [-0.05, 0) is 47.9 Å². The molecule has 1 aromatic heterocycles. The zero-order valence-corrected chi connectivity index (χ0v) is 16.4. The van der Waals surface area contributed by atoms with Crippen molar-refractivity contribution in [2.45, 2.75) is 39.0 Å². The number of amides is 2. The van der Waals surface area contributed by atoms with E-state index in [0.717, 1.165) is 37.6 Å². The number of hydrogen-bond donors (Lipinski definition) is 2. The molecule has 0 spiro atoms. The van der Waals surface area contributed by atoms with Crippen molar-refractivity contribution < 1.29 is 4.79 Å². The molecule has 2 heterocycles.